The summed E-state index contributed by atoms with van der Waals surface area (Å²) in [6.45, 7) is -0.622. The van der Waals surface area contributed by atoms with Crippen molar-refractivity contribution in [3.8, 4) is 5.75 Å². The number of nitro benzene ring substituents is 1. The number of nitro groups is 1. The van der Waals surface area contributed by atoms with Crippen LogP contribution >= 0.6 is 0 Å². The molecule has 0 fully saturated rings. The van der Waals surface area contributed by atoms with Gasteiger partial charge in [-0.3, -0.25) is 30.6 Å². The van der Waals surface area contributed by atoms with Crippen molar-refractivity contribution in [3.05, 3.63) is 69.8 Å². The summed E-state index contributed by atoms with van der Waals surface area (Å²) in [4.78, 5) is 33.4. The first-order chi connectivity index (χ1) is 11.9. The number of carbonyl (C=O) groups is 2. The number of nitrogens with zero attached hydrogens (tertiary/aromatic N) is 1. The SMILES string of the molecule is O=C(COc1ccccc1[N+](=O)[O-])NNC(=O)c1cc(F)cc(F)c1. The normalized spacial score (nSPS) is 10.0. The molecular formula is C15H11F2N3O5. The zero-order valence-corrected chi connectivity index (χ0v) is 12.5. The van der Waals surface area contributed by atoms with E-state index in [1.165, 1.54) is 24.3 Å². The Morgan fingerprint density at radius 3 is 2.36 bits per heavy atom. The summed E-state index contributed by atoms with van der Waals surface area (Å²) < 4.78 is 31.0. The van der Waals surface area contributed by atoms with Crippen molar-refractivity contribution in [2.45, 2.75) is 0 Å². The van der Waals surface area contributed by atoms with Gasteiger partial charge < -0.3 is 4.74 Å². The molecule has 8 nitrogen and oxygen atoms in total. The largest absolute Gasteiger partial charge is 0.477 e. The van der Waals surface area contributed by atoms with Crippen LogP contribution in [0.15, 0.2) is 42.5 Å². The topological polar surface area (TPSA) is 111 Å². The van der Waals surface area contributed by atoms with Gasteiger partial charge in [0.2, 0.25) is 0 Å². The van der Waals surface area contributed by atoms with Gasteiger partial charge in [-0.05, 0) is 18.2 Å². The molecule has 2 N–H and O–H groups in total. The summed E-state index contributed by atoms with van der Waals surface area (Å²) in [7, 11) is 0. The number of halogens is 2. The van der Waals surface area contributed by atoms with Crippen LogP contribution < -0.4 is 15.6 Å². The van der Waals surface area contributed by atoms with E-state index in [0.717, 1.165) is 12.1 Å². The standard InChI is InChI=1S/C15H11F2N3O5/c16-10-5-9(6-11(17)7-10)15(22)19-18-14(21)8-25-13-4-2-1-3-12(13)20(23)24/h1-7H,8H2,(H,18,21)(H,19,22). The Morgan fingerprint density at radius 1 is 1.08 bits per heavy atom. The third-order valence-corrected chi connectivity index (χ3v) is 2.86. The number of rotatable bonds is 5. The van der Waals surface area contributed by atoms with E-state index in [-0.39, 0.29) is 17.0 Å². The average Bonchev–Trinajstić information content (AvgIpc) is 2.57. The van der Waals surface area contributed by atoms with Gasteiger partial charge in [0.05, 0.1) is 4.92 Å². The molecule has 0 atom stereocenters. The highest BCUT2D eigenvalue weighted by atomic mass is 19.1. The Bertz CT molecular complexity index is 808. The first-order valence-corrected chi connectivity index (χ1v) is 6.78. The monoisotopic (exact) mass is 351 g/mol. The zero-order chi connectivity index (χ0) is 18.4. The first-order valence-electron chi connectivity index (χ1n) is 6.78. The predicted octanol–water partition coefficient (Wildman–Crippen LogP) is 1.71. The quantitative estimate of drug-likeness (QED) is 0.629. The van der Waals surface area contributed by atoms with E-state index in [2.05, 4.69) is 0 Å². The molecule has 0 saturated carbocycles. The Kier molecular flexibility index (Phi) is 5.56. The van der Waals surface area contributed by atoms with E-state index in [0.29, 0.717) is 6.07 Å². The van der Waals surface area contributed by atoms with Gasteiger partial charge in [-0.2, -0.15) is 0 Å². The van der Waals surface area contributed by atoms with Crippen LogP contribution in [0.1, 0.15) is 10.4 Å². The van der Waals surface area contributed by atoms with E-state index in [1.807, 2.05) is 10.9 Å². The van der Waals surface area contributed by atoms with Crippen molar-refractivity contribution in [3.63, 3.8) is 0 Å². The van der Waals surface area contributed by atoms with Gasteiger partial charge in [-0.1, -0.05) is 12.1 Å². The van der Waals surface area contributed by atoms with Gasteiger partial charge in [0.1, 0.15) is 11.6 Å². The highest BCUT2D eigenvalue weighted by Crippen LogP contribution is 2.25. The molecule has 2 rings (SSSR count). The van der Waals surface area contributed by atoms with Crippen LogP contribution in [-0.4, -0.2) is 23.3 Å². The second-order valence-corrected chi connectivity index (χ2v) is 4.67. The van der Waals surface area contributed by atoms with Crippen molar-refractivity contribution in [1.29, 1.82) is 0 Å². The molecule has 2 amide bonds. The molecule has 0 aliphatic carbocycles. The molecule has 2 aromatic rings. The summed E-state index contributed by atoms with van der Waals surface area (Å²) in [5.74, 6) is -3.80. The minimum absolute atomic E-state index is 0.124. The van der Waals surface area contributed by atoms with Gasteiger partial charge in [0, 0.05) is 17.7 Å². The molecule has 25 heavy (non-hydrogen) atoms. The first kappa shape index (κ1) is 17.8. The minimum atomic E-state index is -0.948. The maximum absolute atomic E-state index is 13.0. The third kappa shape index (κ3) is 4.96. The highest BCUT2D eigenvalue weighted by Gasteiger charge is 2.15. The fourth-order valence-corrected chi connectivity index (χ4v) is 1.79. The Balaban J connectivity index is 1.89. The summed E-state index contributed by atoms with van der Waals surface area (Å²) in [5, 5.41) is 10.8. The van der Waals surface area contributed by atoms with Gasteiger partial charge in [0.15, 0.2) is 12.4 Å². The number of amides is 2. The van der Waals surface area contributed by atoms with Crippen LogP contribution in [-0.2, 0) is 4.79 Å². The molecule has 0 heterocycles. The van der Waals surface area contributed by atoms with Gasteiger partial charge >= 0.3 is 5.69 Å². The van der Waals surface area contributed by atoms with Crippen LogP contribution in [0.3, 0.4) is 0 Å². The molecule has 0 radical (unpaired) electrons. The fourth-order valence-electron chi connectivity index (χ4n) is 1.79. The number of carbonyl (C=O) groups excluding carboxylic acids is 2. The predicted molar refractivity (Wildman–Crippen MR) is 80.6 cm³/mol. The van der Waals surface area contributed by atoms with E-state index in [1.54, 1.807) is 0 Å². The minimum Gasteiger partial charge on any atom is -0.477 e. The molecule has 130 valence electrons. The molecule has 0 aliphatic rings. The molecule has 0 aliphatic heterocycles. The Morgan fingerprint density at radius 2 is 1.72 bits per heavy atom. The van der Waals surface area contributed by atoms with Crippen molar-refractivity contribution in [1.82, 2.24) is 10.9 Å². The van der Waals surface area contributed by atoms with Crippen molar-refractivity contribution in [2.24, 2.45) is 0 Å². The Hall–Kier alpha value is -3.56. The van der Waals surface area contributed by atoms with Crippen LogP contribution in [0.25, 0.3) is 0 Å². The maximum atomic E-state index is 13.0. The number of para-hydroxylation sites is 2. The number of hydrazine groups is 1. The molecule has 0 unspecified atom stereocenters. The molecule has 10 heteroatoms. The number of nitrogens with one attached hydrogen (secondary N) is 2. The van der Waals surface area contributed by atoms with Crippen LogP contribution in [0.4, 0.5) is 14.5 Å². The number of hydrogen-bond donors (Lipinski definition) is 2. The molecular weight excluding hydrogens is 340 g/mol. The summed E-state index contributed by atoms with van der Waals surface area (Å²) in [6, 6.07) is 7.59. The Labute approximate surface area is 139 Å². The van der Waals surface area contributed by atoms with E-state index in [9.17, 15) is 28.5 Å². The summed E-state index contributed by atoms with van der Waals surface area (Å²) in [5.41, 5.74) is 3.24. The lowest BCUT2D eigenvalue weighted by Gasteiger charge is -2.09. The van der Waals surface area contributed by atoms with E-state index < -0.39 is 35.0 Å². The van der Waals surface area contributed by atoms with E-state index >= 15 is 0 Å². The van der Waals surface area contributed by atoms with Gasteiger partial charge in [0.25, 0.3) is 11.8 Å². The third-order valence-electron chi connectivity index (χ3n) is 2.86. The maximum Gasteiger partial charge on any atom is 0.310 e. The second-order valence-electron chi connectivity index (χ2n) is 4.67. The number of hydrogen-bond acceptors (Lipinski definition) is 5. The lowest BCUT2D eigenvalue weighted by atomic mass is 10.2. The van der Waals surface area contributed by atoms with Crippen molar-refractivity contribution in [2.75, 3.05) is 6.61 Å². The molecule has 0 aromatic heterocycles. The van der Waals surface area contributed by atoms with Crippen LogP contribution in [0, 0.1) is 21.7 Å². The fraction of sp³-hybridized carbons (Fsp3) is 0.0667. The van der Waals surface area contributed by atoms with E-state index in [4.69, 9.17) is 4.74 Å². The van der Waals surface area contributed by atoms with Crippen molar-refractivity contribution >= 4 is 17.5 Å². The van der Waals surface area contributed by atoms with Crippen molar-refractivity contribution < 1.29 is 28.0 Å². The highest BCUT2D eigenvalue weighted by molar-refractivity contribution is 5.95. The lowest BCUT2D eigenvalue weighted by Crippen LogP contribution is -2.43. The molecule has 0 bridgehead atoms. The zero-order valence-electron chi connectivity index (χ0n) is 12.5. The van der Waals surface area contributed by atoms with Gasteiger partial charge in [-0.15, -0.1) is 0 Å². The number of benzene rings is 2. The smallest absolute Gasteiger partial charge is 0.310 e. The lowest BCUT2D eigenvalue weighted by molar-refractivity contribution is -0.385. The van der Waals surface area contributed by atoms with Gasteiger partial charge in [-0.25, -0.2) is 8.78 Å². The second kappa shape index (κ2) is 7.81. The number of ether oxygens (including phenoxy) is 1. The molecule has 0 saturated heterocycles. The molecule has 0 spiro atoms. The average molecular weight is 351 g/mol. The summed E-state index contributed by atoms with van der Waals surface area (Å²) in [6.07, 6.45) is 0. The molecule has 2 aromatic carbocycles. The summed E-state index contributed by atoms with van der Waals surface area (Å²) >= 11 is 0. The van der Waals surface area contributed by atoms with Crippen LogP contribution in [0.2, 0.25) is 0 Å². The van der Waals surface area contributed by atoms with Crippen LogP contribution in [0.5, 0.6) is 5.75 Å².